The Hall–Kier alpha value is -2.12. The zero-order valence-electron chi connectivity index (χ0n) is 11.2. The number of rotatable bonds is 1. The van der Waals surface area contributed by atoms with Crippen LogP contribution in [0.2, 0.25) is 0 Å². The number of carbonyl (C=O) groups excluding carboxylic acids is 1. The van der Waals surface area contributed by atoms with Crippen LogP contribution >= 0.6 is 11.3 Å². The van der Waals surface area contributed by atoms with Crippen LogP contribution in [-0.2, 0) is 6.42 Å². The molecule has 1 aromatic heterocycles. The summed E-state index contributed by atoms with van der Waals surface area (Å²) < 4.78 is 0. The molecule has 3 rings (SSSR count). The van der Waals surface area contributed by atoms with Crippen LogP contribution in [0, 0.1) is 11.3 Å². The molecule has 3 nitrogen and oxygen atoms in total. The Bertz CT molecular complexity index is 698. The van der Waals surface area contributed by atoms with E-state index in [1.807, 2.05) is 4.90 Å². The number of benzene rings is 1. The van der Waals surface area contributed by atoms with E-state index in [0.29, 0.717) is 11.1 Å². The molecule has 1 aliphatic rings. The van der Waals surface area contributed by atoms with Gasteiger partial charge in [0.2, 0.25) is 0 Å². The molecule has 0 saturated carbocycles. The fraction of sp³-hybridized carbons (Fsp3) is 0.250. The molecule has 0 N–H and O–H groups in total. The molecule has 0 spiro atoms. The number of hydrogen-bond donors (Lipinski definition) is 0. The standard InChI is InChI=1S/C16H14N2OS/c1-11-14-6-8-20-15(14)5-7-18(11)16(19)13-4-2-3-12(9-13)10-17/h2-4,6,8-9,11H,5,7H2,1H3/t11-/m0/s1. The summed E-state index contributed by atoms with van der Waals surface area (Å²) in [4.78, 5) is 15.9. The van der Waals surface area contributed by atoms with Crippen molar-refractivity contribution in [1.29, 1.82) is 5.26 Å². The molecular formula is C16H14N2OS. The van der Waals surface area contributed by atoms with E-state index in [4.69, 9.17) is 5.26 Å². The third-order valence-electron chi connectivity index (χ3n) is 3.78. The van der Waals surface area contributed by atoms with Crippen molar-refractivity contribution in [2.45, 2.75) is 19.4 Å². The van der Waals surface area contributed by atoms with Crippen LogP contribution in [0.15, 0.2) is 35.7 Å². The van der Waals surface area contributed by atoms with Crippen molar-refractivity contribution in [1.82, 2.24) is 4.90 Å². The normalized spacial score (nSPS) is 17.4. The third-order valence-corrected chi connectivity index (χ3v) is 4.77. The first-order valence-corrected chi connectivity index (χ1v) is 7.46. The molecule has 0 fully saturated rings. The van der Waals surface area contributed by atoms with E-state index in [-0.39, 0.29) is 11.9 Å². The average Bonchev–Trinajstić information content (AvgIpc) is 2.96. The van der Waals surface area contributed by atoms with Crippen LogP contribution in [0.25, 0.3) is 0 Å². The fourth-order valence-electron chi connectivity index (χ4n) is 2.67. The van der Waals surface area contributed by atoms with Gasteiger partial charge in [-0.25, -0.2) is 0 Å². The maximum absolute atomic E-state index is 12.6. The van der Waals surface area contributed by atoms with Gasteiger partial charge in [0.05, 0.1) is 17.7 Å². The van der Waals surface area contributed by atoms with Crippen LogP contribution in [0.4, 0.5) is 0 Å². The monoisotopic (exact) mass is 282 g/mol. The van der Waals surface area contributed by atoms with Gasteiger partial charge in [0.15, 0.2) is 0 Å². The Balaban J connectivity index is 1.90. The summed E-state index contributed by atoms with van der Waals surface area (Å²) in [5.41, 5.74) is 2.37. The summed E-state index contributed by atoms with van der Waals surface area (Å²) in [6.07, 6.45) is 0.918. The molecular weight excluding hydrogens is 268 g/mol. The van der Waals surface area contributed by atoms with Gasteiger partial charge in [0.25, 0.3) is 5.91 Å². The molecule has 1 amide bonds. The topological polar surface area (TPSA) is 44.1 Å². The highest BCUT2D eigenvalue weighted by Crippen LogP contribution is 2.33. The Kier molecular flexibility index (Phi) is 3.29. The predicted octanol–water partition coefficient (Wildman–Crippen LogP) is 3.38. The smallest absolute Gasteiger partial charge is 0.254 e. The zero-order chi connectivity index (χ0) is 14.1. The van der Waals surface area contributed by atoms with Crippen molar-refractivity contribution in [3.05, 3.63) is 57.3 Å². The first-order valence-electron chi connectivity index (χ1n) is 6.58. The van der Waals surface area contributed by atoms with Gasteiger partial charge in [0, 0.05) is 17.0 Å². The van der Waals surface area contributed by atoms with Crippen LogP contribution in [0.3, 0.4) is 0 Å². The highest BCUT2D eigenvalue weighted by atomic mass is 32.1. The van der Waals surface area contributed by atoms with Crippen molar-refractivity contribution in [3.8, 4) is 6.07 Å². The SMILES string of the molecule is C[C@H]1c2ccsc2CCN1C(=O)c1cccc(C#N)c1. The Morgan fingerprint density at radius 1 is 1.45 bits per heavy atom. The molecule has 2 aromatic rings. The average molecular weight is 282 g/mol. The first-order chi connectivity index (χ1) is 9.70. The van der Waals surface area contributed by atoms with Gasteiger partial charge in [0.1, 0.15) is 0 Å². The summed E-state index contributed by atoms with van der Waals surface area (Å²) >= 11 is 1.76. The molecule has 1 atom stereocenters. The molecule has 0 bridgehead atoms. The lowest BCUT2D eigenvalue weighted by molar-refractivity contribution is 0.0679. The second-order valence-corrected chi connectivity index (χ2v) is 5.92. The Labute approximate surface area is 122 Å². The lowest BCUT2D eigenvalue weighted by atomic mass is 10.00. The van der Waals surface area contributed by atoms with Crippen molar-refractivity contribution < 1.29 is 4.79 Å². The molecule has 1 aliphatic heterocycles. The van der Waals surface area contributed by atoms with Crippen molar-refractivity contribution >= 4 is 17.2 Å². The third kappa shape index (κ3) is 2.10. The largest absolute Gasteiger partial charge is 0.331 e. The van der Waals surface area contributed by atoms with E-state index in [1.54, 1.807) is 35.6 Å². The van der Waals surface area contributed by atoms with Gasteiger partial charge in [-0.2, -0.15) is 5.26 Å². The minimum atomic E-state index is 0.00597. The van der Waals surface area contributed by atoms with E-state index in [0.717, 1.165) is 13.0 Å². The number of amides is 1. The van der Waals surface area contributed by atoms with E-state index < -0.39 is 0 Å². The zero-order valence-corrected chi connectivity index (χ0v) is 12.0. The molecule has 0 aliphatic carbocycles. The van der Waals surface area contributed by atoms with Crippen LogP contribution in [0.1, 0.15) is 39.3 Å². The summed E-state index contributed by atoms with van der Waals surface area (Å²) in [6, 6.07) is 11.2. The fourth-order valence-corrected chi connectivity index (χ4v) is 3.64. The second-order valence-electron chi connectivity index (χ2n) is 4.92. The van der Waals surface area contributed by atoms with Crippen LogP contribution in [-0.4, -0.2) is 17.4 Å². The summed E-state index contributed by atoms with van der Waals surface area (Å²) in [5, 5.41) is 11.0. The van der Waals surface area contributed by atoms with Crippen molar-refractivity contribution in [3.63, 3.8) is 0 Å². The minimum absolute atomic E-state index is 0.00597. The van der Waals surface area contributed by atoms with Gasteiger partial charge < -0.3 is 4.90 Å². The number of hydrogen-bond acceptors (Lipinski definition) is 3. The highest BCUT2D eigenvalue weighted by Gasteiger charge is 2.28. The Morgan fingerprint density at radius 2 is 2.30 bits per heavy atom. The number of carbonyl (C=O) groups is 1. The molecule has 0 radical (unpaired) electrons. The summed E-state index contributed by atoms with van der Waals surface area (Å²) in [5.74, 6) is 0.00597. The van der Waals surface area contributed by atoms with Crippen LogP contribution < -0.4 is 0 Å². The van der Waals surface area contributed by atoms with Gasteiger partial charge in [-0.3, -0.25) is 4.79 Å². The highest BCUT2D eigenvalue weighted by molar-refractivity contribution is 7.10. The van der Waals surface area contributed by atoms with Gasteiger partial charge >= 0.3 is 0 Å². The maximum atomic E-state index is 12.6. The van der Waals surface area contributed by atoms with Crippen LogP contribution in [0.5, 0.6) is 0 Å². The first kappa shape index (κ1) is 12.9. The Morgan fingerprint density at radius 3 is 3.10 bits per heavy atom. The molecule has 2 heterocycles. The van der Waals surface area contributed by atoms with E-state index in [2.05, 4.69) is 24.4 Å². The van der Waals surface area contributed by atoms with E-state index >= 15 is 0 Å². The number of fused-ring (bicyclic) bond motifs is 1. The number of nitrogens with zero attached hydrogens (tertiary/aromatic N) is 2. The molecule has 4 heteroatoms. The summed E-state index contributed by atoms with van der Waals surface area (Å²) in [7, 11) is 0. The van der Waals surface area contributed by atoms with Crippen molar-refractivity contribution in [2.24, 2.45) is 0 Å². The number of thiophene rings is 1. The van der Waals surface area contributed by atoms with Gasteiger partial charge in [-0.1, -0.05) is 6.07 Å². The van der Waals surface area contributed by atoms with E-state index in [9.17, 15) is 4.79 Å². The number of nitriles is 1. The van der Waals surface area contributed by atoms with Gasteiger partial charge in [-0.15, -0.1) is 11.3 Å². The molecule has 1 aromatic carbocycles. The molecule has 20 heavy (non-hydrogen) atoms. The molecule has 100 valence electrons. The second kappa shape index (κ2) is 5.10. The van der Waals surface area contributed by atoms with Crippen molar-refractivity contribution in [2.75, 3.05) is 6.54 Å². The minimum Gasteiger partial charge on any atom is -0.331 e. The quantitative estimate of drug-likeness (QED) is 0.805. The lowest BCUT2D eigenvalue weighted by Gasteiger charge is -2.33. The summed E-state index contributed by atoms with van der Waals surface area (Å²) in [6.45, 7) is 2.81. The van der Waals surface area contributed by atoms with E-state index in [1.165, 1.54) is 10.4 Å². The lowest BCUT2D eigenvalue weighted by Crippen LogP contribution is -2.38. The molecule has 0 saturated heterocycles. The maximum Gasteiger partial charge on any atom is 0.254 e. The van der Waals surface area contributed by atoms with Gasteiger partial charge in [-0.05, 0) is 48.6 Å². The predicted molar refractivity (Wildman–Crippen MR) is 78.6 cm³/mol. The molecule has 0 unspecified atom stereocenters.